The molecule has 0 spiro atoms. The molecule has 1 aromatic carbocycles. The fourth-order valence-electron chi connectivity index (χ4n) is 2.80. The smallest absolute Gasteiger partial charge is 0.357 e. The highest BCUT2D eigenvalue weighted by atomic mass is 32.2. The van der Waals surface area contributed by atoms with Gasteiger partial charge in [-0.05, 0) is 31.6 Å². The van der Waals surface area contributed by atoms with Crippen molar-refractivity contribution in [1.82, 2.24) is 5.32 Å². The summed E-state index contributed by atoms with van der Waals surface area (Å²) < 4.78 is 36.2. The number of unbranched alkanes of at least 4 members (excludes halogenated alkanes) is 2. The van der Waals surface area contributed by atoms with Gasteiger partial charge in [-0.2, -0.15) is 5.26 Å². The van der Waals surface area contributed by atoms with Crippen LogP contribution in [0.3, 0.4) is 0 Å². The predicted molar refractivity (Wildman–Crippen MR) is 135 cm³/mol. The monoisotopic (exact) mass is 512 g/mol. The molecule has 1 rings (SSSR count). The summed E-state index contributed by atoms with van der Waals surface area (Å²) >= 11 is 1.15. The van der Waals surface area contributed by atoms with Gasteiger partial charge in [0, 0.05) is 6.61 Å². The van der Waals surface area contributed by atoms with Crippen LogP contribution in [0.15, 0.2) is 40.9 Å². The largest absolute Gasteiger partial charge is 0.459 e. The van der Waals surface area contributed by atoms with E-state index in [2.05, 4.69) is 5.32 Å². The summed E-state index contributed by atoms with van der Waals surface area (Å²) in [6.07, 6.45) is 4.92. The van der Waals surface area contributed by atoms with Gasteiger partial charge in [-0.15, -0.1) is 11.8 Å². The Kier molecular flexibility index (Phi) is 15.6. The Bertz CT molecular complexity index is 830. The number of nitriles is 1. The molecule has 0 aromatic heterocycles. The van der Waals surface area contributed by atoms with E-state index in [9.17, 15) is 14.6 Å². The van der Waals surface area contributed by atoms with Gasteiger partial charge in [0.05, 0.1) is 24.8 Å². The molecule has 0 saturated heterocycles. The van der Waals surface area contributed by atoms with Gasteiger partial charge in [0.1, 0.15) is 12.7 Å². The van der Waals surface area contributed by atoms with Gasteiger partial charge in [0.25, 0.3) is 0 Å². The molecule has 1 atom stereocenters. The van der Waals surface area contributed by atoms with Crippen LogP contribution >= 0.6 is 19.4 Å². The van der Waals surface area contributed by atoms with E-state index in [0.717, 1.165) is 37.4 Å². The molecule has 0 amide bonds. The number of esters is 1. The van der Waals surface area contributed by atoms with Crippen molar-refractivity contribution in [3.05, 3.63) is 46.5 Å². The molecule has 1 aromatic rings. The van der Waals surface area contributed by atoms with Gasteiger partial charge in [0.2, 0.25) is 0 Å². The molecule has 0 heterocycles. The minimum absolute atomic E-state index is 0.0282. The molecule has 0 bridgehead atoms. The van der Waals surface area contributed by atoms with Gasteiger partial charge in [-0.25, -0.2) is 4.79 Å². The van der Waals surface area contributed by atoms with Gasteiger partial charge in [0.15, 0.2) is 11.4 Å². The lowest BCUT2D eigenvalue weighted by atomic mass is 10.2. The zero-order chi connectivity index (χ0) is 25.2. The summed E-state index contributed by atoms with van der Waals surface area (Å²) in [5.41, 5.74) is 0.450. The van der Waals surface area contributed by atoms with Gasteiger partial charge in [-0.3, -0.25) is 4.57 Å². The first-order valence-corrected chi connectivity index (χ1v) is 14.4. The van der Waals surface area contributed by atoms with Crippen molar-refractivity contribution in [3.8, 4) is 6.07 Å². The van der Waals surface area contributed by atoms with Crippen molar-refractivity contribution < 1.29 is 27.9 Å². The normalized spacial score (nSPS) is 13.0. The molecular formula is C24H37N2O6PS. The molecule has 0 saturated carbocycles. The van der Waals surface area contributed by atoms with Crippen LogP contribution in [0.4, 0.5) is 0 Å². The molecule has 1 N–H and O–H groups in total. The summed E-state index contributed by atoms with van der Waals surface area (Å²) in [5, 5.41) is 13.1. The van der Waals surface area contributed by atoms with Crippen molar-refractivity contribution in [2.75, 3.05) is 39.3 Å². The van der Waals surface area contributed by atoms with Crippen LogP contribution in [0.2, 0.25) is 0 Å². The summed E-state index contributed by atoms with van der Waals surface area (Å²) in [7, 11) is -3.73. The van der Waals surface area contributed by atoms with Crippen molar-refractivity contribution in [3.63, 3.8) is 0 Å². The first-order chi connectivity index (χ1) is 16.5. The third-order valence-electron chi connectivity index (χ3n) is 4.65. The lowest BCUT2D eigenvalue weighted by molar-refractivity contribution is -0.140. The lowest BCUT2D eigenvalue weighted by Gasteiger charge is -2.29. The topological polar surface area (TPSA) is 107 Å². The Balaban J connectivity index is 3.34. The van der Waals surface area contributed by atoms with Crippen molar-refractivity contribution in [2.24, 2.45) is 0 Å². The number of hydrogen-bond acceptors (Lipinski definition) is 9. The van der Waals surface area contributed by atoms with E-state index < -0.39 is 19.3 Å². The summed E-state index contributed by atoms with van der Waals surface area (Å²) in [6.45, 7) is 7.18. The molecule has 0 aliphatic rings. The van der Waals surface area contributed by atoms with Crippen LogP contribution in [0.1, 0.15) is 57.8 Å². The molecule has 190 valence electrons. The Morgan fingerprint density at radius 2 is 1.68 bits per heavy atom. The number of nitrogens with zero attached hydrogens (tertiary/aromatic N) is 1. The number of rotatable bonds is 18. The Morgan fingerprint density at radius 1 is 1.06 bits per heavy atom. The number of carbonyl (C=O) groups excluding carboxylic acids is 1. The number of ether oxygens (including phenoxy) is 2. The van der Waals surface area contributed by atoms with Gasteiger partial charge >= 0.3 is 13.6 Å². The van der Waals surface area contributed by atoms with Crippen molar-refractivity contribution in [2.45, 2.75) is 52.2 Å². The standard InChI is InChI=1S/C24H37N2O6PS/c1-5-8-15-31-33(28,32-16-9-6-2)22(20-13-11-10-12-14-20)26-23(34-4)21(19-25)24(27)30-18-17-29-7-3/h10-14,22,26H,5-9,15-18H2,1-4H3/b23-21+. The molecule has 10 heteroatoms. The third kappa shape index (κ3) is 10.2. The molecule has 0 aliphatic heterocycles. The van der Waals surface area contributed by atoms with Crippen LogP contribution in [0.25, 0.3) is 0 Å². The maximum Gasteiger partial charge on any atom is 0.357 e. The molecule has 0 radical (unpaired) electrons. The van der Waals surface area contributed by atoms with Crippen LogP contribution in [-0.4, -0.2) is 45.3 Å². The lowest BCUT2D eigenvalue weighted by Crippen LogP contribution is -2.25. The molecular weight excluding hydrogens is 475 g/mol. The summed E-state index contributed by atoms with van der Waals surface area (Å²) in [5.74, 6) is -1.69. The SMILES string of the molecule is CCCCOP(=O)(OCCCC)C(N/C(SC)=C(/C#N)C(=O)OCCOCC)c1ccccc1. The zero-order valence-corrected chi connectivity index (χ0v) is 22.3. The molecule has 1 unspecified atom stereocenters. The van der Waals surface area contributed by atoms with E-state index in [0.29, 0.717) is 12.2 Å². The maximum absolute atomic E-state index is 14.1. The van der Waals surface area contributed by atoms with Gasteiger partial charge < -0.3 is 23.8 Å². The first-order valence-electron chi connectivity index (χ1n) is 11.6. The molecule has 0 aliphatic carbocycles. The average molecular weight is 513 g/mol. The molecule has 8 nitrogen and oxygen atoms in total. The van der Waals surface area contributed by atoms with Gasteiger partial charge in [-0.1, -0.05) is 57.0 Å². The van der Waals surface area contributed by atoms with Crippen LogP contribution in [0, 0.1) is 11.3 Å². The second-order valence-corrected chi connectivity index (χ2v) is 10.2. The second-order valence-electron chi connectivity index (χ2n) is 7.22. The average Bonchev–Trinajstić information content (AvgIpc) is 2.85. The molecule has 0 fully saturated rings. The predicted octanol–water partition coefficient (Wildman–Crippen LogP) is 5.78. The van der Waals surface area contributed by atoms with E-state index in [1.807, 2.05) is 45.0 Å². The van der Waals surface area contributed by atoms with Crippen LogP contribution in [0.5, 0.6) is 0 Å². The van der Waals surface area contributed by atoms with E-state index in [4.69, 9.17) is 18.5 Å². The summed E-state index contributed by atoms with van der Waals surface area (Å²) in [6, 6.07) is 11.0. The minimum Gasteiger partial charge on any atom is -0.459 e. The van der Waals surface area contributed by atoms with Crippen LogP contribution in [-0.2, 0) is 27.9 Å². The van der Waals surface area contributed by atoms with E-state index in [1.54, 1.807) is 18.4 Å². The van der Waals surface area contributed by atoms with Crippen molar-refractivity contribution in [1.29, 1.82) is 5.26 Å². The van der Waals surface area contributed by atoms with Crippen molar-refractivity contribution >= 4 is 25.3 Å². The van der Waals surface area contributed by atoms with E-state index in [1.165, 1.54) is 0 Å². The number of nitrogens with one attached hydrogen (secondary N) is 1. The minimum atomic E-state index is -3.73. The zero-order valence-electron chi connectivity index (χ0n) is 20.6. The Labute approximate surface area is 207 Å². The Morgan fingerprint density at radius 3 is 2.18 bits per heavy atom. The highest BCUT2D eigenvalue weighted by Gasteiger charge is 2.38. The highest BCUT2D eigenvalue weighted by Crippen LogP contribution is 2.60. The fourth-order valence-corrected chi connectivity index (χ4v) is 5.42. The fraction of sp³-hybridized carbons (Fsp3) is 0.583. The number of thioether (sulfide) groups is 1. The van der Waals surface area contributed by atoms with Crippen LogP contribution < -0.4 is 5.32 Å². The second kappa shape index (κ2) is 17.6. The number of carbonyl (C=O) groups is 1. The number of hydrogen-bond donors (Lipinski definition) is 1. The molecule has 34 heavy (non-hydrogen) atoms. The first kappa shape index (κ1) is 30.2. The maximum atomic E-state index is 14.1. The van der Waals surface area contributed by atoms with E-state index >= 15 is 0 Å². The van der Waals surface area contributed by atoms with E-state index in [-0.39, 0.29) is 37.0 Å². The number of benzene rings is 1. The quantitative estimate of drug-likeness (QED) is 0.0861. The Hall–Kier alpha value is -1.82. The highest BCUT2D eigenvalue weighted by molar-refractivity contribution is 8.02. The summed E-state index contributed by atoms with van der Waals surface area (Å²) in [4.78, 5) is 12.6. The third-order valence-corrected chi connectivity index (χ3v) is 7.52.